The van der Waals surface area contributed by atoms with E-state index in [1.165, 1.54) is 0 Å². The van der Waals surface area contributed by atoms with Crippen molar-refractivity contribution in [2.45, 2.75) is 18.8 Å². The normalized spacial score (nSPS) is 18.8. The molecule has 0 aliphatic carbocycles. The Bertz CT molecular complexity index is 604. The fourth-order valence-corrected chi connectivity index (χ4v) is 2.57. The molecular weight excluding hydrogens is 228 g/mol. The van der Waals surface area contributed by atoms with Crippen molar-refractivity contribution in [3.63, 3.8) is 0 Å². The Hall–Kier alpha value is -2.03. The number of carboxylic acids is 1. The SMILES string of the molecule is O=C(O)C1CCCOc2c1ccc1ccccc21. The molecule has 1 N–H and O–H groups in total. The van der Waals surface area contributed by atoms with E-state index in [2.05, 4.69) is 0 Å². The molecule has 0 radical (unpaired) electrons. The summed E-state index contributed by atoms with van der Waals surface area (Å²) in [5.74, 6) is -0.470. The summed E-state index contributed by atoms with van der Waals surface area (Å²) >= 11 is 0. The van der Waals surface area contributed by atoms with Gasteiger partial charge in [-0.05, 0) is 18.2 Å². The van der Waals surface area contributed by atoms with Crippen molar-refractivity contribution in [2.24, 2.45) is 0 Å². The van der Waals surface area contributed by atoms with E-state index in [9.17, 15) is 9.90 Å². The third kappa shape index (κ3) is 1.72. The first-order valence-corrected chi connectivity index (χ1v) is 6.14. The topological polar surface area (TPSA) is 46.5 Å². The molecule has 0 saturated heterocycles. The van der Waals surface area contributed by atoms with Gasteiger partial charge in [-0.15, -0.1) is 0 Å². The Kier molecular flexibility index (Phi) is 2.67. The molecule has 1 atom stereocenters. The van der Waals surface area contributed by atoms with E-state index in [1.54, 1.807) is 0 Å². The monoisotopic (exact) mass is 242 g/mol. The van der Waals surface area contributed by atoms with Gasteiger partial charge in [-0.3, -0.25) is 4.79 Å². The first kappa shape index (κ1) is 11.1. The number of hydrogen-bond donors (Lipinski definition) is 1. The molecule has 92 valence electrons. The van der Waals surface area contributed by atoms with Gasteiger partial charge in [-0.2, -0.15) is 0 Å². The Morgan fingerprint density at radius 3 is 2.89 bits per heavy atom. The van der Waals surface area contributed by atoms with Gasteiger partial charge in [0.15, 0.2) is 0 Å². The predicted octanol–water partition coefficient (Wildman–Crippen LogP) is 3.18. The van der Waals surface area contributed by atoms with Crippen molar-refractivity contribution in [2.75, 3.05) is 6.61 Å². The lowest BCUT2D eigenvalue weighted by atomic mass is 9.92. The van der Waals surface area contributed by atoms with Crippen molar-refractivity contribution in [3.8, 4) is 5.75 Å². The number of fused-ring (bicyclic) bond motifs is 3. The fraction of sp³-hybridized carbons (Fsp3) is 0.267. The summed E-state index contributed by atoms with van der Waals surface area (Å²) in [6.07, 6.45) is 1.42. The van der Waals surface area contributed by atoms with Gasteiger partial charge in [0.2, 0.25) is 0 Å². The zero-order valence-electron chi connectivity index (χ0n) is 9.93. The molecule has 0 saturated carbocycles. The van der Waals surface area contributed by atoms with E-state index in [-0.39, 0.29) is 0 Å². The molecule has 1 heterocycles. The van der Waals surface area contributed by atoms with Crippen LogP contribution in [0.4, 0.5) is 0 Å². The van der Waals surface area contributed by atoms with Crippen molar-refractivity contribution in [3.05, 3.63) is 42.0 Å². The average molecular weight is 242 g/mol. The standard InChI is InChI=1S/C15H14O3/c16-15(17)13-6-3-9-18-14-11-5-2-1-4-10(11)7-8-12(13)14/h1-2,4-5,7-8,13H,3,6,9H2,(H,16,17). The molecule has 0 amide bonds. The van der Waals surface area contributed by atoms with Gasteiger partial charge < -0.3 is 9.84 Å². The highest BCUT2D eigenvalue weighted by molar-refractivity contribution is 5.91. The van der Waals surface area contributed by atoms with Crippen LogP contribution in [0.15, 0.2) is 36.4 Å². The van der Waals surface area contributed by atoms with Crippen LogP contribution in [0.2, 0.25) is 0 Å². The molecule has 3 rings (SSSR count). The molecule has 2 aromatic rings. The number of carboxylic acid groups (broad SMARTS) is 1. The van der Waals surface area contributed by atoms with E-state index in [1.807, 2.05) is 36.4 Å². The largest absolute Gasteiger partial charge is 0.493 e. The Balaban J connectivity index is 2.25. The molecule has 3 nitrogen and oxygen atoms in total. The molecular formula is C15H14O3. The van der Waals surface area contributed by atoms with E-state index >= 15 is 0 Å². The molecule has 2 aromatic carbocycles. The van der Waals surface area contributed by atoms with Crippen molar-refractivity contribution >= 4 is 16.7 Å². The van der Waals surface area contributed by atoms with Crippen LogP contribution in [0, 0.1) is 0 Å². The van der Waals surface area contributed by atoms with Crippen LogP contribution in [0.25, 0.3) is 10.8 Å². The Labute approximate surface area is 105 Å². The third-order valence-corrected chi connectivity index (χ3v) is 3.47. The second kappa shape index (κ2) is 4.33. The first-order chi connectivity index (χ1) is 8.77. The van der Waals surface area contributed by atoms with Crippen LogP contribution in [-0.4, -0.2) is 17.7 Å². The molecule has 3 heteroatoms. The second-order valence-corrected chi connectivity index (χ2v) is 4.59. The lowest BCUT2D eigenvalue weighted by molar-refractivity contribution is -0.138. The molecule has 1 aliphatic heterocycles. The number of rotatable bonds is 1. The number of aliphatic carboxylic acids is 1. The highest BCUT2D eigenvalue weighted by atomic mass is 16.5. The molecule has 0 bridgehead atoms. The maximum Gasteiger partial charge on any atom is 0.311 e. The number of hydrogen-bond acceptors (Lipinski definition) is 2. The van der Waals surface area contributed by atoms with E-state index in [0.717, 1.165) is 28.5 Å². The highest BCUT2D eigenvalue weighted by Crippen LogP contribution is 2.38. The minimum atomic E-state index is -0.767. The Morgan fingerprint density at radius 2 is 2.06 bits per heavy atom. The third-order valence-electron chi connectivity index (χ3n) is 3.47. The van der Waals surface area contributed by atoms with Crippen molar-refractivity contribution < 1.29 is 14.6 Å². The van der Waals surface area contributed by atoms with Crippen LogP contribution in [-0.2, 0) is 4.79 Å². The number of ether oxygens (including phenoxy) is 1. The second-order valence-electron chi connectivity index (χ2n) is 4.59. The van der Waals surface area contributed by atoms with Gasteiger partial charge in [0.05, 0.1) is 12.5 Å². The summed E-state index contributed by atoms with van der Waals surface area (Å²) in [4.78, 5) is 11.4. The van der Waals surface area contributed by atoms with E-state index < -0.39 is 11.9 Å². The zero-order chi connectivity index (χ0) is 12.5. The smallest absolute Gasteiger partial charge is 0.311 e. The number of carbonyl (C=O) groups is 1. The maximum atomic E-state index is 11.4. The van der Waals surface area contributed by atoms with Crippen LogP contribution in [0.3, 0.4) is 0 Å². The number of benzene rings is 2. The molecule has 1 aliphatic rings. The van der Waals surface area contributed by atoms with Gasteiger partial charge in [-0.25, -0.2) is 0 Å². The molecule has 0 aromatic heterocycles. The van der Waals surface area contributed by atoms with Gasteiger partial charge in [0, 0.05) is 10.9 Å². The maximum absolute atomic E-state index is 11.4. The van der Waals surface area contributed by atoms with Gasteiger partial charge in [0.1, 0.15) is 5.75 Å². The van der Waals surface area contributed by atoms with Crippen molar-refractivity contribution in [1.82, 2.24) is 0 Å². The summed E-state index contributed by atoms with van der Waals surface area (Å²) in [7, 11) is 0. The lowest BCUT2D eigenvalue weighted by Gasteiger charge is -2.14. The fourth-order valence-electron chi connectivity index (χ4n) is 2.57. The van der Waals surface area contributed by atoms with Crippen LogP contribution in [0.5, 0.6) is 5.75 Å². The summed E-state index contributed by atoms with van der Waals surface area (Å²) in [6.45, 7) is 0.588. The first-order valence-electron chi connectivity index (χ1n) is 6.14. The van der Waals surface area contributed by atoms with E-state index in [0.29, 0.717) is 13.0 Å². The minimum Gasteiger partial charge on any atom is -0.493 e. The van der Waals surface area contributed by atoms with Crippen LogP contribution < -0.4 is 4.74 Å². The Morgan fingerprint density at radius 1 is 1.22 bits per heavy atom. The van der Waals surface area contributed by atoms with Gasteiger partial charge in [-0.1, -0.05) is 36.4 Å². The van der Waals surface area contributed by atoms with Crippen molar-refractivity contribution in [1.29, 1.82) is 0 Å². The van der Waals surface area contributed by atoms with Crippen LogP contribution >= 0.6 is 0 Å². The molecule has 0 fully saturated rings. The summed E-state index contributed by atoms with van der Waals surface area (Å²) in [5.41, 5.74) is 0.804. The lowest BCUT2D eigenvalue weighted by Crippen LogP contribution is -2.10. The summed E-state index contributed by atoms with van der Waals surface area (Å²) in [6, 6.07) is 11.8. The quantitative estimate of drug-likeness (QED) is 0.835. The molecule has 1 unspecified atom stereocenters. The van der Waals surface area contributed by atoms with E-state index in [4.69, 9.17) is 4.74 Å². The summed E-state index contributed by atoms with van der Waals surface area (Å²) in [5, 5.41) is 11.4. The van der Waals surface area contributed by atoms with Gasteiger partial charge >= 0.3 is 5.97 Å². The predicted molar refractivity (Wildman–Crippen MR) is 69.1 cm³/mol. The minimum absolute atomic E-state index is 0.452. The molecule has 18 heavy (non-hydrogen) atoms. The molecule has 0 spiro atoms. The van der Waals surface area contributed by atoms with Crippen LogP contribution in [0.1, 0.15) is 24.3 Å². The average Bonchev–Trinajstić information content (AvgIpc) is 2.60. The summed E-state index contributed by atoms with van der Waals surface area (Å²) < 4.78 is 5.78. The van der Waals surface area contributed by atoms with Gasteiger partial charge in [0.25, 0.3) is 0 Å². The zero-order valence-corrected chi connectivity index (χ0v) is 9.93. The highest BCUT2D eigenvalue weighted by Gasteiger charge is 2.26.